The van der Waals surface area contributed by atoms with Crippen molar-refractivity contribution in [1.82, 2.24) is 4.90 Å². The lowest BCUT2D eigenvalue weighted by molar-refractivity contribution is -0.384. The second kappa shape index (κ2) is 8.36. The Labute approximate surface area is 116 Å². The molecule has 7 nitrogen and oxygen atoms in total. The molecule has 20 heavy (non-hydrogen) atoms. The highest BCUT2D eigenvalue weighted by Gasteiger charge is 2.13. The summed E-state index contributed by atoms with van der Waals surface area (Å²) in [5.41, 5.74) is 0.365. The van der Waals surface area contributed by atoms with Crippen molar-refractivity contribution in [3.8, 4) is 0 Å². The van der Waals surface area contributed by atoms with Crippen molar-refractivity contribution < 1.29 is 19.6 Å². The van der Waals surface area contributed by atoms with Gasteiger partial charge in [0, 0.05) is 37.9 Å². The Morgan fingerprint density at radius 2 is 2.00 bits per heavy atom. The lowest BCUT2D eigenvalue weighted by Crippen LogP contribution is -2.35. The minimum Gasteiger partial charge on any atom is -0.395 e. The molecule has 0 aliphatic carbocycles. The van der Waals surface area contributed by atoms with Gasteiger partial charge in [0.25, 0.3) is 5.69 Å². The van der Waals surface area contributed by atoms with Crippen LogP contribution in [0.15, 0.2) is 24.3 Å². The number of rotatable bonds is 9. The van der Waals surface area contributed by atoms with E-state index in [4.69, 9.17) is 9.84 Å². The number of benzene rings is 1. The number of nitro groups is 1. The summed E-state index contributed by atoms with van der Waals surface area (Å²) in [5, 5.41) is 19.5. The molecule has 0 fully saturated rings. The number of carbonyl (C=O) groups excluding carboxylic acids is 1. The predicted molar refractivity (Wildman–Crippen MR) is 72.8 cm³/mol. The molecular formula is C13H18N2O5. The van der Waals surface area contributed by atoms with Gasteiger partial charge in [0.15, 0.2) is 5.78 Å². The van der Waals surface area contributed by atoms with Gasteiger partial charge in [-0.25, -0.2) is 0 Å². The standard InChI is InChI=1S/C13H18N2O5/c1-20-9-7-14(6-8-16)10-13(17)11-2-4-12(5-3-11)15(18)19/h2-5,16H,6-10H2,1H3. The minimum absolute atomic E-state index is 0.0444. The maximum atomic E-state index is 12.0. The fourth-order valence-electron chi connectivity index (χ4n) is 1.70. The molecule has 0 saturated heterocycles. The molecule has 0 radical (unpaired) electrons. The summed E-state index contributed by atoms with van der Waals surface area (Å²) < 4.78 is 4.94. The molecule has 0 bridgehead atoms. The van der Waals surface area contributed by atoms with E-state index in [0.29, 0.717) is 25.3 Å². The molecule has 1 N–H and O–H groups in total. The highest BCUT2D eigenvalue weighted by atomic mass is 16.6. The van der Waals surface area contributed by atoms with Crippen molar-refractivity contribution in [2.45, 2.75) is 0 Å². The molecule has 0 saturated carbocycles. The first-order valence-corrected chi connectivity index (χ1v) is 6.18. The van der Waals surface area contributed by atoms with Crippen LogP contribution in [0.5, 0.6) is 0 Å². The van der Waals surface area contributed by atoms with Crippen molar-refractivity contribution in [2.75, 3.05) is 40.0 Å². The third-order valence-corrected chi connectivity index (χ3v) is 2.80. The molecule has 0 aromatic heterocycles. The fourth-order valence-corrected chi connectivity index (χ4v) is 1.70. The number of hydrogen-bond acceptors (Lipinski definition) is 6. The highest BCUT2D eigenvalue weighted by Crippen LogP contribution is 2.12. The summed E-state index contributed by atoms with van der Waals surface area (Å²) in [6.07, 6.45) is 0. The molecular weight excluding hydrogens is 264 g/mol. The Bertz CT molecular complexity index is 447. The SMILES string of the molecule is COCCN(CCO)CC(=O)c1ccc([N+](=O)[O-])cc1. The van der Waals surface area contributed by atoms with Crippen LogP contribution in [-0.4, -0.2) is 60.7 Å². The first kappa shape index (κ1) is 16.2. The zero-order valence-corrected chi connectivity index (χ0v) is 11.3. The lowest BCUT2D eigenvalue weighted by atomic mass is 10.1. The Hall–Kier alpha value is -1.83. The van der Waals surface area contributed by atoms with Crippen molar-refractivity contribution in [3.05, 3.63) is 39.9 Å². The number of carbonyl (C=O) groups is 1. The van der Waals surface area contributed by atoms with E-state index >= 15 is 0 Å². The molecule has 1 rings (SSSR count). The van der Waals surface area contributed by atoms with Gasteiger partial charge in [-0.15, -0.1) is 0 Å². The second-order valence-electron chi connectivity index (χ2n) is 4.22. The Kier molecular flexibility index (Phi) is 6.78. The van der Waals surface area contributed by atoms with E-state index < -0.39 is 4.92 Å². The zero-order chi connectivity index (χ0) is 15.0. The quantitative estimate of drug-likeness (QED) is 0.407. The summed E-state index contributed by atoms with van der Waals surface area (Å²) in [6.45, 7) is 1.48. The fraction of sp³-hybridized carbons (Fsp3) is 0.462. The monoisotopic (exact) mass is 282 g/mol. The third-order valence-electron chi connectivity index (χ3n) is 2.80. The molecule has 110 valence electrons. The van der Waals surface area contributed by atoms with Gasteiger partial charge >= 0.3 is 0 Å². The summed E-state index contributed by atoms with van der Waals surface area (Å²) in [6, 6.07) is 5.49. The Morgan fingerprint density at radius 3 is 2.50 bits per heavy atom. The van der Waals surface area contributed by atoms with Crippen molar-refractivity contribution >= 4 is 11.5 Å². The zero-order valence-electron chi connectivity index (χ0n) is 11.3. The molecule has 7 heteroatoms. The summed E-state index contributed by atoms with van der Waals surface area (Å²) >= 11 is 0. The van der Waals surface area contributed by atoms with E-state index in [0.717, 1.165) is 0 Å². The van der Waals surface area contributed by atoms with Crippen LogP contribution >= 0.6 is 0 Å². The van der Waals surface area contributed by atoms with Crippen molar-refractivity contribution in [3.63, 3.8) is 0 Å². The van der Waals surface area contributed by atoms with Gasteiger partial charge in [0.05, 0.1) is 24.7 Å². The number of methoxy groups -OCH3 is 1. The number of nitrogens with zero attached hydrogens (tertiary/aromatic N) is 2. The van der Waals surface area contributed by atoms with Crippen LogP contribution in [-0.2, 0) is 4.74 Å². The van der Waals surface area contributed by atoms with Gasteiger partial charge in [-0.05, 0) is 12.1 Å². The molecule has 0 spiro atoms. The Morgan fingerprint density at radius 1 is 1.35 bits per heavy atom. The molecule has 1 aromatic rings. The van der Waals surface area contributed by atoms with Crippen LogP contribution in [0, 0.1) is 10.1 Å². The number of hydrogen-bond donors (Lipinski definition) is 1. The number of aliphatic hydroxyl groups is 1. The van der Waals surface area contributed by atoms with E-state index in [1.807, 2.05) is 0 Å². The molecule has 1 aromatic carbocycles. The average Bonchev–Trinajstić information content (AvgIpc) is 2.45. The van der Waals surface area contributed by atoms with E-state index in [-0.39, 0.29) is 24.6 Å². The third kappa shape index (κ3) is 5.04. The van der Waals surface area contributed by atoms with Gasteiger partial charge in [0.1, 0.15) is 0 Å². The Balaban J connectivity index is 2.65. The molecule has 0 aliphatic heterocycles. The van der Waals surface area contributed by atoms with E-state index in [9.17, 15) is 14.9 Å². The maximum Gasteiger partial charge on any atom is 0.269 e. The molecule has 0 atom stereocenters. The molecule has 0 unspecified atom stereocenters. The van der Waals surface area contributed by atoms with E-state index in [1.54, 1.807) is 12.0 Å². The van der Waals surface area contributed by atoms with Crippen LogP contribution in [0.1, 0.15) is 10.4 Å². The lowest BCUT2D eigenvalue weighted by Gasteiger charge is -2.19. The van der Waals surface area contributed by atoms with Gasteiger partial charge < -0.3 is 9.84 Å². The van der Waals surface area contributed by atoms with Gasteiger partial charge in [-0.1, -0.05) is 0 Å². The van der Waals surface area contributed by atoms with Crippen LogP contribution < -0.4 is 0 Å². The molecule has 0 amide bonds. The van der Waals surface area contributed by atoms with Crippen LogP contribution in [0.3, 0.4) is 0 Å². The van der Waals surface area contributed by atoms with E-state index in [2.05, 4.69) is 0 Å². The number of ether oxygens (including phenoxy) is 1. The largest absolute Gasteiger partial charge is 0.395 e. The number of aliphatic hydroxyl groups excluding tert-OH is 1. The van der Waals surface area contributed by atoms with Gasteiger partial charge in [-0.3, -0.25) is 19.8 Å². The number of non-ortho nitro benzene ring substituents is 1. The molecule has 0 heterocycles. The molecule has 0 aliphatic rings. The predicted octanol–water partition coefficient (Wildman–Crippen LogP) is 0.718. The number of ketones is 1. The first-order chi connectivity index (χ1) is 9.58. The van der Waals surface area contributed by atoms with Crippen molar-refractivity contribution in [1.29, 1.82) is 0 Å². The average molecular weight is 282 g/mol. The van der Waals surface area contributed by atoms with Crippen LogP contribution in [0.25, 0.3) is 0 Å². The van der Waals surface area contributed by atoms with E-state index in [1.165, 1.54) is 24.3 Å². The normalized spacial score (nSPS) is 10.8. The van der Waals surface area contributed by atoms with Gasteiger partial charge in [0.2, 0.25) is 0 Å². The van der Waals surface area contributed by atoms with Gasteiger partial charge in [-0.2, -0.15) is 0 Å². The number of nitro benzene ring substituents is 1. The first-order valence-electron chi connectivity index (χ1n) is 6.18. The van der Waals surface area contributed by atoms with Crippen LogP contribution in [0.4, 0.5) is 5.69 Å². The van der Waals surface area contributed by atoms with Crippen molar-refractivity contribution in [2.24, 2.45) is 0 Å². The smallest absolute Gasteiger partial charge is 0.269 e. The number of Topliss-reactive ketones (excluding diaryl/α,β-unsaturated/α-hetero) is 1. The second-order valence-corrected chi connectivity index (χ2v) is 4.22. The maximum absolute atomic E-state index is 12.0. The summed E-state index contributed by atoms with van der Waals surface area (Å²) in [4.78, 5) is 23.8. The topological polar surface area (TPSA) is 92.9 Å². The minimum atomic E-state index is -0.509. The summed E-state index contributed by atoms with van der Waals surface area (Å²) in [7, 11) is 1.56. The highest BCUT2D eigenvalue weighted by molar-refractivity contribution is 5.97. The van der Waals surface area contributed by atoms with Crippen LogP contribution in [0.2, 0.25) is 0 Å². The summed E-state index contributed by atoms with van der Waals surface area (Å²) in [5.74, 6) is -0.149.